The van der Waals surface area contributed by atoms with Crippen molar-refractivity contribution in [3.05, 3.63) is 48.0 Å². The van der Waals surface area contributed by atoms with Gasteiger partial charge in [-0.1, -0.05) is 26.3 Å². The molecule has 2 aromatic carbocycles. The fourth-order valence-electron chi connectivity index (χ4n) is 5.00. The molecule has 1 N–H and O–H groups in total. The lowest BCUT2D eigenvalue weighted by atomic mass is 9.75. The molecule has 1 aliphatic rings. The number of ether oxygens (including phenoxy) is 2. The van der Waals surface area contributed by atoms with Crippen LogP contribution in [0.3, 0.4) is 0 Å². The summed E-state index contributed by atoms with van der Waals surface area (Å²) in [5.74, 6) is 1.53. The van der Waals surface area contributed by atoms with Crippen LogP contribution in [0, 0.1) is 5.41 Å². The van der Waals surface area contributed by atoms with Gasteiger partial charge in [0.05, 0.1) is 24.2 Å². The maximum atomic E-state index is 11.6. The Morgan fingerprint density at radius 3 is 2.65 bits per heavy atom. The molecule has 182 valence electrons. The van der Waals surface area contributed by atoms with E-state index >= 15 is 0 Å². The van der Waals surface area contributed by atoms with E-state index in [0.717, 1.165) is 46.8 Å². The van der Waals surface area contributed by atoms with E-state index in [9.17, 15) is 4.79 Å². The largest absolute Gasteiger partial charge is 0.491 e. The summed E-state index contributed by atoms with van der Waals surface area (Å²) in [5, 5.41) is 3.57. The fourth-order valence-corrected chi connectivity index (χ4v) is 5.00. The minimum atomic E-state index is -0.192. The first-order valence-electron chi connectivity index (χ1n) is 12.4. The number of methoxy groups -OCH3 is 1. The number of hydrogen-bond acceptors (Lipinski definition) is 5. The highest BCUT2D eigenvalue weighted by Crippen LogP contribution is 2.43. The lowest BCUT2D eigenvalue weighted by Crippen LogP contribution is -2.25. The van der Waals surface area contributed by atoms with Gasteiger partial charge in [0.1, 0.15) is 5.75 Å². The van der Waals surface area contributed by atoms with Crippen molar-refractivity contribution in [2.75, 3.05) is 12.4 Å². The molecule has 0 unspecified atom stereocenters. The van der Waals surface area contributed by atoms with Crippen molar-refractivity contribution in [1.82, 2.24) is 9.55 Å². The molecule has 0 bridgehead atoms. The second-order valence-electron chi connectivity index (χ2n) is 10.4. The Morgan fingerprint density at radius 1 is 1.21 bits per heavy atom. The van der Waals surface area contributed by atoms with E-state index in [1.54, 1.807) is 0 Å². The summed E-state index contributed by atoms with van der Waals surface area (Å²) in [7, 11) is 1.43. The normalized spacial score (nSPS) is 17.6. The molecule has 0 radical (unpaired) electrons. The summed E-state index contributed by atoms with van der Waals surface area (Å²) in [6.07, 6.45) is 5.91. The van der Waals surface area contributed by atoms with Crippen LogP contribution >= 0.6 is 0 Å². The lowest BCUT2D eigenvalue weighted by Gasteiger charge is -2.36. The fraction of sp³-hybridized carbons (Fsp3) is 0.500. The van der Waals surface area contributed by atoms with Crippen LogP contribution in [0.2, 0.25) is 0 Å². The average Bonchev–Trinajstić information content (AvgIpc) is 3.14. The summed E-state index contributed by atoms with van der Waals surface area (Å²) in [6, 6.07) is 14.8. The number of hydrogen-bond donors (Lipinski definition) is 1. The van der Waals surface area contributed by atoms with Gasteiger partial charge >= 0.3 is 5.97 Å². The van der Waals surface area contributed by atoms with Gasteiger partial charge in [-0.15, -0.1) is 0 Å². The summed E-state index contributed by atoms with van der Waals surface area (Å²) in [5.41, 5.74) is 4.47. The summed E-state index contributed by atoms with van der Waals surface area (Å²) < 4.78 is 13.0. The Labute approximate surface area is 202 Å². The highest BCUT2D eigenvalue weighted by Gasteiger charge is 2.31. The maximum Gasteiger partial charge on any atom is 0.305 e. The summed E-state index contributed by atoms with van der Waals surface area (Å²) in [6.45, 7) is 8.78. The molecule has 34 heavy (non-hydrogen) atoms. The van der Waals surface area contributed by atoms with Gasteiger partial charge in [0.15, 0.2) is 0 Å². The van der Waals surface area contributed by atoms with Crippen molar-refractivity contribution >= 4 is 28.6 Å². The molecule has 3 aromatic rings. The molecule has 1 heterocycles. The third kappa shape index (κ3) is 5.72. The molecule has 6 heteroatoms. The Bertz CT molecular complexity index is 1130. The van der Waals surface area contributed by atoms with Crippen LogP contribution in [0.5, 0.6) is 5.75 Å². The highest BCUT2D eigenvalue weighted by atomic mass is 16.5. The number of rotatable bonds is 8. The smallest absolute Gasteiger partial charge is 0.305 e. The number of nitrogens with zero attached hydrogens (tertiary/aromatic N) is 2. The molecule has 1 fully saturated rings. The quantitative estimate of drug-likeness (QED) is 0.372. The first-order chi connectivity index (χ1) is 16.2. The number of anilines is 2. The number of aryl methyl sites for hydroxylation is 1. The summed E-state index contributed by atoms with van der Waals surface area (Å²) >= 11 is 0. The van der Waals surface area contributed by atoms with Gasteiger partial charge in [0.25, 0.3) is 0 Å². The van der Waals surface area contributed by atoms with Crippen molar-refractivity contribution in [3.8, 4) is 5.75 Å². The van der Waals surface area contributed by atoms with Gasteiger partial charge < -0.3 is 19.4 Å². The molecular weight excluding hydrogens is 426 g/mol. The van der Waals surface area contributed by atoms with Gasteiger partial charge in [-0.05, 0) is 86.9 Å². The number of carbonyl (C=O) groups is 1. The van der Waals surface area contributed by atoms with Crippen molar-refractivity contribution < 1.29 is 14.3 Å². The van der Waals surface area contributed by atoms with Gasteiger partial charge in [0, 0.05) is 18.2 Å². The van der Waals surface area contributed by atoms with E-state index in [1.165, 1.54) is 20.0 Å². The van der Waals surface area contributed by atoms with Crippen molar-refractivity contribution in [2.45, 2.75) is 78.4 Å². The van der Waals surface area contributed by atoms with Gasteiger partial charge in [0.2, 0.25) is 5.95 Å². The zero-order chi connectivity index (χ0) is 24.3. The second kappa shape index (κ2) is 10.1. The second-order valence-corrected chi connectivity index (χ2v) is 10.4. The monoisotopic (exact) mass is 463 g/mol. The predicted octanol–water partition coefficient (Wildman–Crippen LogP) is 6.81. The molecule has 0 amide bonds. The number of benzene rings is 2. The molecule has 1 atom stereocenters. The zero-order valence-corrected chi connectivity index (χ0v) is 21.1. The molecule has 0 aliphatic heterocycles. The van der Waals surface area contributed by atoms with E-state index in [0.29, 0.717) is 24.3 Å². The first-order valence-corrected chi connectivity index (χ1v) is 12.4. The van der Waals surface area contributed by atoms with Crippen LogP contribution in [0.25, 0.3) is 11.0 Å². The summed E-state index contributed by atoms with van der Waals surface area (Å²) in [4.78, 5) is 16.6. The van der Waals surface area contributed by atoms with E-state index in [1.807, 2.05) is 38.1 Å². The molecule has 1 aliphatic carbocycles. The molecule has 1 saturated carbocycles. The van der Waals surface area contributed by atoms with E-state index in [2.05, 4.69) is 41.9 Å². The average molecular weight is 464 g/mol. The molecule has 0 saturated heterocycles. The predicted molar refractivity (Wildman–Crippen MR) is 137 cm³/mol. The van der Waals surface area contributed by atoms with Crippen molar-refractivity contribution in [1.29, 1.82) is 0 Å². The Balaban J connectivity index is 1.67. The van der Waals surface area contributed by atoms with Gasteiger partial charge in [-0.25, -0.2) is 4.98 Å². The molecule has 1 aromatic heterocycles. The number of aromatic nitrogens is 2. The van der Waals surface area contributed by atoms with Crippen molar-refractivity contribution in [3.63, 3.8) is 0 Å². The van der Waals surface area contributed by atoms with Crippen LogP contribution in [-0.2, 0) is 16.0 Å². The van der Waals surface area contributed by atoms with Gasteiger partial charge in [-0.2, -0.15) is 0 Å². The SMILES string of the molecule is COC(=O)CCc1ccc2c(c1)nc(Nc1ccc(OC(C)C)cc1)n2[C@H]1CCCC(C)(C)C1. The minimum absolute atomic E-state index is 0.144. The topological polar surface area (TPSA) is 65.4 Å². The van der Waals surface area contributed by atoms with Gasteiger partial charge in [-0.3, -0.25) is 4.79 Å². The van der Waals surface area contributed by atoms with E-state index < -0.39 is 0 Å². The first kappa shape index (κ1) is 24.1. The third-order valence-corrected chi connectivity index (χ3v) is 6.63. The van der Waals surface area contributed by atoms with Crippen LogP contribution in [0.15, 0.2) is 42.5 Å². The number of carbonyl (C=O) groups excluding carboxylic acids is 1. The number of imidazole rings is 1. The number of nitrogens with one attached hydrogen (secondary N) is 1. The molecular formula is C28H37N3O3. The molecule has 4 rings (SSSR count). The lowest BCUT2D eigenvalue weighted by molar-refractivity contribution is -0.140. The Kier molecular flexibility index (Phi) is 7.15. The third-order valence-electron chi connectivity index (χ3n) is 6.63. The van der Waals surface area contributed by atoms with Crippen LogP contribution in [0.4, 0.5) is 11.6 Å². The minimum Gasteiger partial charge on any atom is -0.491 e. The Morgan fingerprint density at radius 2 is 1.97 bits per heavy atom. The Hall–Kier alpha value is -3.02. The van der Waals surface area contributed by atoms with Crippen molar-refractivity contribution in [2.24, 2.45) is 5.41 Å². The van der Waals surface area contributed by atoms with Crippen LogP contribution in [0.1, 0.15) is 71.4 Å². The number of fused-ring (bicyclic) bond motifs is 1. The van der Waals surface area contributed by atoms with E-state index in [4.69, 9.17) is 14.5 Å². The van der Waals surface area contributed by atoms with Crippen LogP contribution < -0.4 is 10.1 Å². The van der Waals surface area contributed by atoms with E-state index in [-0.39, 0.29) is 12.1 Å². The molecule has 0 spiro atoms. The highest BCUT2D eigenvalue weighted by molar-refractivity contribution is 5.81. The number of esters is 1. The molecule has 6 nitrogen and oxygen atoms in total. The zero-order valence-electron chi connectivity index (χ0n) is 21.1. The van der Waals surface area contributed by atoms with Crippen LogP contribution in [-0.4, -0.2) is 28.7 Å². The maximum absolute atomic E-state index is 11.6. The standard InChI is InChI=1S/C28H37N3O3/c1-19(2)34-23-12-10-21(11-13-23)29-27-30-24-17-20(9-15-26(32)33-5)8-14-25(24)31(27)22-7-6-16-28(3,4)18-22/h8,10-14,17,19,22H,6-7,9,15-16,18H2,1-5H3,(H,29,30)/t22-/m0/s1.